The van der Waals surface area contributed by atoms with E-state index in [0.29, 0.717) is 68.5 Å². The van der Waals surface area contributed by atoms with E-state index >= 15 is 0 Å². The van der Waals surface area contributed by atoms with Crippen molar-refractivity contribution in [2.45, 2.75) is 259 Å². The minimum Gasteiger partial charge on any atom is -0.542 e. The lowest BCUT2D eigenvalue weighted by atomic mass is 9.88. The molecule has 0 atom stereocenters. The molecular weight excluding hydrogens is 1000 g/mol. The minimum atomic E-state index is -2.73. The number of hydrogen-bond donors (Lipinski definition) is 0. The molecule has 0 saturated heterocycles. The van der Waals surface area contributed by atoms with Gasteiger partial charge in [-0.05, 0) is 94.6 Å². The molecule has 10 heteroatoms. The average molecular weight is 1100 g/mol. The van der Waals surface area contributed by atoms with Crippen LogP contribution in [0, 0.1) is 0 Å². The number of ether oxygens (including phenoxy) is 2. The van der Waals surface area contributed by atoms with Gasteiger partial charge in [0.05, 0.1) is 18.6 Å². The van der Waals surface area contributed by atoms with Gasteiger partial charge >= 0.3 is 0 Å². The lowest BCUT2D eigenvalue weighted by molar-refractivity contribution is 0.297. The van der Waals surface area contributed by atoms with Crippen molar-refractivity contribution in [1.29, 1.82) is 0 Å². The highest BCUT2D eigenvalue weighted by molar-refractivity contribution is 6.79. The van der Waals surface area contributed by atoms with Crippen LogP contribution in [0.1, 0.15) is 225 Å². The number of fused-ring (bicyclic) bond motifs is 9. The number of benzene rings is 6. The summed E-state index contributed by atoms with van der Waals surface area (Å²) in [6.45, 7) is 32.3. The van der Waals surface area contributed by atoms with E-state index in [1.165, 1.54) is 114 Å². The quantitative estimate of drug-likeness (QED) is 0.0224. The van der Waals surface area contributed by atoms with Crippen molar-refractivity contribution in [1.82, 2.24) is 0 Å². The molecule has 0 aliphatic rings. The van der Waals surface area contributed by atoms with E-state index in [1.807, 2.05) is 12.1 Å². The summed E-state index contributed by atoms with van der Waals surface area (Å²) in [5.74, 6) is 2.14. The first-order valence-corrected chi connectivity index (χ1v) is 35.4. The standard InChI is InChI=1S/C68H100O8Si2/c1-15-17-19-21-23-25-27-29-31-33-39-73-61-43-53-59(75-77(45(3)4,46(5)6)47(7)8)41-51-55(69)35-37-57(71)63(51)65(53)68-66-54(44-62(67(61)68)74-40-34-32-30-28-26-24-22-20-18-16-2)60(42-52-56(70)36-38-58(72)64(52)66)76-78(48(9)10,49(11)12)50(13)14/h35-38,41-50H,15-34,39-40H2,1-14H3. The Morgan fingerprint density at radius 2 is 0.577 bits per heavy atom. The number of hydrogen-bond acceptors (Lipinski definition) is 8. The second-order valence-corrected chi connectivity index (χ2v) is 35.7. The smallest absolute Gasteiger partial charge is 0.258 e. The molecule has 0 aliphatic carbocycles. The van der Waals surface area contributed by atoms with Crippen molar-refractivity contribution in [2.75, 3.05) is 13.2 Å². The fourth-order valence-corrected chi connectivity index (χ4v) is 24.4. The first-order chi connectivity index (χ1) is 37.3. The molecule has 78 heavy (non-hydrogen) atoms. The molecule has 0 aliphatic heterocycles. The van der Waals surface area contributed by atoms with Crippen LogP contribution in [-0.2, 0) is 0 Å². The highest BCUT2D eigenvalue weighted by atomic mass is 28.4. The van der Waals surface area contributed by atoms with Gasteiger partial charge in [0.1, 0.15) is 23.0 Å². The molecule has 6 rings (SSSR count). The fourth-order valence-electron chi connectivity index (χ4n) is 13.9. The largest absolute Gasteiger partial charge is 0.542 e. The van der Waals surface area contributed by atoms with Crippen LogP contribution in [0.15, 0.2) is 67.7 Å². The first-order valence-electron chi connectivity index (χ1n) is 31.1. The van der Waals surface area contributed by atoms with Gasteiger partial charge in [0.25, 0.3) is 16.6 Å². The Kier molecular flexibility index (Phi) is 23.1. The van der Waals surface area contributed by atoms with E-state index in [9.17, 15) is 19.2 Å². The minimum absolute atomic E-state index is 0.189. The summed E-state index contributed by atoms with van der Waals surface area (Å²) in [6, 6.07) is 13.1. The summed E-state index contributed by atoms with van der Waals surface area (Å²) in [4.78, 5) is 58.7. The predicted molar refractivity (Wildman–Crippen MR) is 339 cm³/mol. The van der Waals surface area contributed by atoms with Gasteiger partial charge in [0, 0.05) is 48.5 Å². The molecule has 0 aromatic heterocycles. The molecule has 0 radical (unpaired) electrons. The molecule has 0 amide bonds. The number of rotatable bonds is 34. The van der Waals surface area contributed by atoms with E-state index in [-0.39, 0.29) is 76.5 Å². The molecule has 8 nitrogen and oxygen atoms in total. The predicted octanol–water partition coefficient (Wildman–Crippen LogP) is 19.5. The van der Waals surface area contributed by atoms with Crippen LogP contribution >= 0.6 is 0 Å². The maximum absolute atomic E-state index is 14.9. The molecule has 6 aromatic rings. The van der Waals surface area contributed by atoms with Gasteiger partial charge in [-0.1, -0.05) is 213 Å². The number of unbranched alkanes of at least 4 members (excludes halogenated alkanes) is 18. The van der Waals surface area contributed by atoms with Gasteiger partial charge in [0.2, 0.25) is 0 Å². The van der Waals surface area contributed by atoms with Gasteiger partial charge in [0.15, 0.2) is 21.7 Å². The third-order valence-electron chi connectivity index (χ3n) is 17.7. The van der Waals surface area contributed by atoms with Gasteiger partial charge in [-0.3, -0.25) is 19.2 Å². The van der Waals surface area contributed by atoms with Crippen LogP contribution in [0.4, 0.5) is 0 Å². The molecule has 0 N–H and O–H groups in total. The summed E-state index contributed by atoms with van der Waals surface area (Å²) in [5.41, 5.74) is -0.0922. The van der Waals surface area contributed by atoms with Crippen molar-refractivity contribution < 1.29 is 18.3 Å². The zero-order valence-electron chi connectivity index (χ0n) is 50.9. The molecule has 0 saturated carbocycles. The zero-order valence-corrected chi connectivity index (χ0v) is 52.9. The molecule has 0 unspecified atom stereocenters. The summed E-state index contributed by atoms with van der Waals surface area (Å²) < 4.78 is 29.6. The van der Waals surface area contributed by atoms with Crippen molar-refractivity contribution in [3.05, 3.63) is 89.4 Å². The highest BCUT2D eigenvalue weighted by Crippen LogP contribution is 2.53. The van der Waals surface area contributed by atoms with E-state index in [1.54, 1.807) is 12.1 Å². The van der Waals surface area contributed by atoms with Crippen molar-refractivity contribution in [3.63, 3.8) is 0 Å². The van der Waals surface area contributed by atoms with E-state index < -0.39 is 16.6 Å². The molecule has 0 bridgehead atoms. The van der Waals surface area contributed by atoms with E-state index in [2.05, 4.69) is 96.9 Å². The molecule has 428 valence electrons. The molecule has 6 aromatic carbocycles. The lowest BCUT2D eigenvalue weighted by Gasteiger charge is -2.42. The zero-order chi connectivity index (χ0) is 56.9. The Labute approximate surface area is 470 Å². The van der Waals surface area contributed by atoms with Crippen LogP contribution < -0.4 is 40.0 Å². The van der Waals surface area contributed by atoms with Crippen LogP contribution in [-0.4, -0.2) is 29.8 Å². The summed E-state index contributed by atoms with van der Waals surface area (Å²) >= 11 is 0. The van der Waals surface area contributed by atoms with Gasteiger partial charge < -0.3 is 18.3 Å². The Balaban J connectivity index is 1.73. The van der Waals surface area contributed by atoms with Crippen LogP contribution in [0.2, 0.25) is 33.2 Å². The van der Waals surface area contributed by atoms with E-state index in [4.69, 9.17) is 18.3 Å². The lowest BCUT2D eigenvalue weighted by Crippen LogP contribution is -2.50. The maximum Gasteiger partial charge on any atom is 0.258 e. The summed E-state index contributed by atoms with van der Waals surface area (Å²) in [5, 5.41) is 4.39. The third-order valence-corrected chi connectivity index (χ3v) is 29.7. The molecule has 0 fully saturated rings. The average Bonchev–Trinajstić information content (AvgIpc) is 3.58. The fraction of sp³-hybridized carbons (Fsp3) is 0.618. The molecular formula is C68H100O8Si2. The SMILES string of the molecule is CCCCCCCCCCCCOc1cc2c(O[Si](C(C)C)(C(C)C)C(C)C)cc3c(=O)ccc(=O)c3c2c2c1c(OCCCCCCCCCCCC)cc1c(O[Si](C(C)C)(C(C)C)C(C)C)cc3c(=O)ccc(=O)c3c12. The third kappa shape index (κ3) is 13.6. The second-order valence-electron chi connectivity index (χ2n) is 25.0. The first kappa shape index (κ1) is 62.6. The van der Waals surface area contributed by atoms with Crippen molar-refractivity contribution in [2.24, 2.45) is 0 Å². The second kappa shape index (κ2) is 28.7. The Morgan fingerprint density at radius 1 is 0.308 bits per heavy atom. The maximum atomic E-state index is 14.9. The summed E-state index contributed by atoms with van der Waals surface area (Å²) in [6.07, 6.45) is 23.7. The monoisotopic (exact) mass is 1100 g/mol. The molecule has 0 spiro atoms. The van der Waals surface area contributed by atoms with Crippen LogP contribution in [0.3, 0.4) is 0 Å². The Morgan fingerprint density at radius 3 is 0.872 bits per heavy atom. The van der Waals surface area contributed by atoms with Gasteiger partial charge in [-0.15, -0.1) is 0 Å². The van der Waals surface area contributed by atoms with Crippen LogP contribution in [0.5, 0.6) is 23.0 Å². The normalized spacial score (nSPS) is 12.7. The Hall–Kier alpha value is -4.55. The van der Waals surface area contributed by atoms with Crippen molar-refractivity contribution >= 4 is 70.5 Å². The Bertz CT molecular complexity index is 2900. The van der Waals surface area contributed by atoms with Gasteiger partial charge in [-0.2, -0.15) is 0 Å². The molecule has 0 heterocycles. The van der Waals surface area contributed by atoms with Crippen molar-refractivity contribution in [3.8, 4) is 23.0 Å². The van der Waals surface area contributed by atoms with Gasteiger partial charge in [-0.25, -0.2) is 0 Å². The summed E-state index contributed by atoms with van der Waals surface area (Å²) in [7, 11) is -5.47. The van der Waals surface area contributed by atoms with E-state index in [0.717, 1.165) is 38.5 Å². The van der Waals surface area contributed by atoms with Crippen LogP contribution in [0.25, 0.3) is 53.9 Å². The highest BCUT2D eigenvalue weighted by Gasteiger charge is 2.49. The topological polar surface area (TPSA) is 105 Å².